The Morgan fingerprint density at radius 1 is 0.800 bits per heavy atom. The van der Waals surface area contributed by atoms with Crippen LogP contribution in [0.5, 0.6) is 0 Å². The van der Waals surface area contributed by atoms with Crippen molar-refractivity contribution < 1.29 is 0 Å². The van der Waals surface area contributed by atoms with E-state index in [4.69, 9.17) is 4.98 Å². The van der Waals surface area contributed by atoms with Crippen LogP contribution in [0.1, 0.15) is 0 Å². The molecule has 0 saturated carbocycles. The van der Waals surface area contributed by atoms with E-state index in [1.807, 2.05) is 17.5 Å². The molecule has 0 atom stereocenters. The minimum absolute atomic E-state index is 0.422. The zero-order valence-electron chi connectivity index (χ0n) is 10.5. The van der Waals surface area contributed by atoms with Crippen molar-refractivity contribution in [1.82, 2.24) is 4.98 Å². The fourth-order valence-electron chi connectivity index (χ4n) is 2.89. The molecular weight excluding hydrogens is 329 g/mol. The van der Waals surface area contributed by atoms with Gasteiger partial charge in [0, 0.05) is 0 Å². The molecule has 0 spiro atoms. The van der Waals surface area contributed by atoms with Gasteiger partial charge < -0.3 is 0 Å². The first-order valence-corrected chi connectivity index (χ1v) is 9.02. The first-order valence-electron chi connectivity index (χ1n) is 6.49. The number of fused-ring (bicyclic) bond motifs is 2. The van der Waals surface area contributed by atoms with Crippen LogP contribution in [0.4, 0.5) is 0 Å². The molecule has 2 aromatic carbocycles. The van der Waals surface area contributed by atoms with Crippen LogP contribution in [-0.2, 0) is 0 Å². The average Bonchev–Trinajstić information content (AvgIpc) is 2.79. The Hall–Kier alpha value is -1.67. The molecule has 0 radical (unpaired) electrons. The molecule has 0 N–H and O–H groups in total. The fraction of sp³-hybridized carbons (Fsp3) is 0. The van der Waals surface area contributed by atoms with Gasteiger partial charge in [0.05, 0.1) is 0 Å². The third-order valence-corrected chi connectivity index (χ3v) is 7.22. The van der Waals surface area contributed by atoms with Crippen molar-refractivity contribution in [2.24, 2.45) is 0 Å². The first kappa shape index (κ1) is 11.0. The molecule has 0 amide bonds. The zero-order chi connectivity index (χ0) is 13.1. The van der Waals surface area contributed by atoms with Crippen LogP contribution >= 0.6 is 11.3 Å². The molecule has 0 aliphatic carbocycles. The second-order valence-electron chi connectivity index (χ2n) is 4.86. The standard InChI is InChI=1S/C17H9NSSe/c1-2-5-11-10(4-1)17-16-14(8-9-18-17)20-13-7-3-6-12(19-11)15(13)16/h1-9H. The fourth-order valence-corrected chi connectivity index (χ4v) is 6.52. The van der Waals surface area contributed by atoms with Crippen LogP contribution in [0.2, 0.25) is 0 Å². The number of hydrogen-bond donors (Lipinski definition) is 0. The van der Waals surface area contributed by atoms with Crippen LogP contribution in [-0.4, -0.2) is 19.5 Å². The van der Waals surface area contributed by atoms with Gasteiger partial charge in [-0.15, -0.1) is 0 Å². The maximum atomic E-state index is 4.71. The molecular formula is C17H9NSSe. The van der Waals surface area contributed by atoms with Gasteiger partial charge in [-0.05, 0) is 0 Å². The van der Waals surface area contributed by atoms with Gasteiger partial charge in [0.1, 0.15) is 0 Å². The third kappa shape index (κ3) is 1.35. The summed E-state index contributed by atoms with van der Waals surface area (Å²) in [5.41, 5.74) is 1.16. The zero-order valence-corrected chi connectivity index (χ0v) is 13.0. The molecule has 94 valence electrons. The summed E-state index contributed by atoms with van der Waals surface area (Å²) in [6, 6.07) is 17.5. The van der Waals surface area contributed by atoms with E-state index in [0.717, 1.165) is 5.52 Å². The van der Waals surface area contributed by atoms with E-state index in [1.165, 1.54) is 34.1 Å². The third-order valence-electron chi connectivity index (χ3n) is 3.73. The average molecular weight is 338 g/mol. The summed E-state index contributed by atoms with van der Waals surface area (Å²) in [6.07, 6.45) is 1.97. The molecule has 0 unspecified atom stereocenters. The van der Waals surface area contributed by atoms with Crippen molar-refractivity contribution >= 4 is 65.4 Å². The van der Waals surface area contributed by atoms with Gasteiger partial charge >= 0.3 is 125 Å². The molecule has 5 aromatic rings. The minimum atomic E-state index is 0.422. The Balaban J connectivity index is 2.32. The predicted octanol–water partition coefficient (Wildman–Crippen LogP) is 4.81. The molecule has 20 heavy (non-hydrogen) atoms. The Labute approximate surface area is 125 Å². The van der Waals surface area contributed by atoms with E-state index in [1.54, 1.807) is 0 Å². The second-order valence-corrected chi connectivity index (χ2v) is 8.22. The molecule has 0 bridgehead atoms. The summed E-state index contributed by atoms with van der Waals surface area (Å²) in [7, 11) is 0. The summed E-state index contributed by atoms with van der Waals surface area (Å²) in [6.45, 7) is 0. The number of pyridine rings is 1. The Kier molecular flexibility index (Phi) is 2.16. The van der Waals surface area contributed by atoms with Crippen LogP contribution < -0.4 is 0 Å². The number of nitrogens with zero attached hydrogens (tertiary/aromatic N) is 1. The van der Waals surface area contributed by atoms with E-state index in [-0.39, 0.29) is 0 Å². The van der Waals surface area contributed by atoms with Crippen LogP contribution in [0.3, 0.4) is 0 Å². The normalized spacial score (nSPS) is 12.0. The van der Waals surface area contributed by atoms with Gasteiger partial charge in [-0.1, -0.05) is 0 Å². The van der Waals surface area contributed by atoms with Gasteiger partial charge in [-0.3, -0.25) is 0 Å². The van der Waals surface area contributed by atoms with E-state index in [0.29, 0.717) is 14.5 Å². The topological polar surface area (TPSA) is 12.9 Å². The molecule has 5 rings (SSSR count). The first-order chi connectivity index (χ1) is 9.92. The van der Waals surface area contributed by atoms with Crippen molar-refractivity contribution in [2.45, 2.75) is 0 Å². The van der Waals surface area contributed by atoms with E-state index >= 15 is 0 Å². The molecule has 3 heterocycles. The quantitative estimate of drug-likeness (QED) is 0.369. The number of rotatable bonds is 0. The maximum absolute atomic E-state index is 4.71. The predicted molar refractivity (Wildman–Crippen MR) is 89.1 cm³/mol. The molecule has 0 aliphatic rings. The summed E-state index contributed by atoms with van der Waals surface area (Å²) in [5, 5.41) is 4.09. The Morgan fingerprint density at radius 3 is 2.65 bits per heavy atom. The van der Waals surface area contributed by atoms with Crippen molar-refractivity contribution in [1.29, 1.82) is 0 Å². The van der Waals surface area contributed by atoms with Gasteiger partial charge in [0.2, 0.25) is 0 Å². The van der Waals surface area contributed by atoms with Crippen molar-refractivity contribution in [3.63, 3.8) is 0 Å². The molecule has 0 aliphatic heterocycles. The molecule has 1 nitrogen and oxygen atoms in total. The van der Waals surface area contributed by atoms with E-state index in [9.17, 15) is 0 Å². The Bertz CT molecular complexity index is 1100. The summed E-state index contributed by atoms with van der Waals surface area (Å²) >= 11 is 2.30. The van der Waals surface area contributed by atoms with E-state index in [2.05, 4.69) is 48.5 Å². The van der Waals surface area contributed by atoms with Gasteiger partial charge in [-0.25, -0.2) is 0 Å². The van der Waals surface area contributed by atoms with Crippen LogP contribution in [0, 0.1) is 0 Å². The van der Waals surface area contributed by atoms with E-state index < -0.39 is 0 Å². The SMILES string of the molecule is c1ccc2c(c1)sc1cccc3[se]c4ccnc2c4c13. The summed E-state index contributed by atoms with van der Waals surface area (Å²) in [5.74, 6) is 0. The molecule has 3 heteroatoms. The molecule has 0 saturated heterocycles. The number of benzene rings is 2. The number of hydrogen-bond acceptors (Lipinski definition) is 2. The van der Waals surface area contributed by atoms with Crippen LogP contribution in [0.15, 0.2) is 54.7 Å². The molecule has 0 fully saturated rings. The van der Waals surface area contributed by atoms with Crippen molar-refractivity contribution in [3.8, 4) is 0 Å². The van der Waals surface area contributed by atoms with Crippen molar-refractivity contribution in [3.05, 3.63) is 54.7 Å². The van der Waals surface area contributed by atoms with Gasteiger partial charge in [0.25, 0.3) is 0 Å². The second kappa shape index (κ2) is 3.92. The van der Waals surface area contributed by atoms with Gasteiger partial charge in [-0.2, -0.15) is 0 Å². The Morgan fingerprint density at radius 2 is 1.65 bits per heavy atom. The number of aromatic nitrogens is 1. The van der Waals surface area contributed by atoms with Crippen molar-refractivity contribution in [2.75, 3.05) is 0 Å². The molecule has 3 aromatic heterocycles. The summed E-state index contributed by atoms with van der Waals surface area (Å²) < 4.78 is 5.66. The monoisotopic (exact) mass is 339 g/mol. The summed E-state index contributed by atoms with van der Waals surface area (Å²) in [4.78, 5) is 4.71. The van der Waals surface area contributed by atoms with Crippen LogP contribution in [0.25, 0.3) is 39.6 Å². The van der Waals surface area contributed by atoms with Gasteiger partial charge in [0.15, 0.2) is 0 Å².